The summed E-state index contributed by atoms with van der Waals surface area (Å²) in [4.78, 5) is 0. The van der Waals surface area contributed by atoms with Crippen molar-refractivity contribution in [1.29, 1.82) is 0 Å². The van der Waals surface area contributed by atoms with Gasteiger partial charge in [-0.2, -0.15) is 0 Å². The van der Waals surface area contributed by atoms with Gasteiger partial charge in [0.05, 0.1) is 0 Å². The highest BCUT2D eigenvalue weighted by molar-refractivity contribution is 5.32. The van der Waals surface area contributed by atoms with Crippen molar-refractivity contribution in [3.05, 3.63) is 107 Å². The highest BCUT2D eigenvalue weighted by atomic mass is 19.1. The number of nitrogens with one attached hydrogen (secondary N) is 1. The summed E-state index contributed by atoms with van der Waals surface area (Å²) >= 11 is 0. The van der Waals surface area contributed by atoms with Gasteiger partial charge in [0.2, 0.25) is 0 Å². The van der Waals surface area contributed by atoms with E-state index in [1.54, 1.807) is 0 Å². The molecule has 0 aliphatic heterocycles. The zero-order chi connectivity index (χ0) is 17.3. The second kappa shape index (κ2) is 9.14. The molecule has 0 aliphatic rings. The standard InChI is InChI=1S/C23H24FN/c24-22-13-11-19(12-14-22)15-17-25-18-16-23(20-7-3-1-4-8-20)21-9-5-2-6-10-21/h1-14,23,25H,15-18H2. The lowest BCUT2D eigenvalue weighted by atomic mass is 9.88. The number of rotatable bonds is 8. The minimum Gasteiger partial charge on any atom is -0.316 e. The van der Waals surface area contributed by atoms with Gasteiger partial charge in [-0.3, -0.25) is 0 Å². The van der Waals surface area contributed by atoms with Crippen molar-refractivity contribution in [2.24, 2.45) is 0 Å². The Hall–Kier alpha value is -2.45. The molecule has 0 radical (unpaired) electrons. The topological polar surface area (TPSA) is 12.0 Å². The van der Waals surface area contributed by atoms with Crippen molar-refractivity contribution in [1.82, 2.24) is 5.32 Å². The quantitative estimate of drug-likeness (QED) is 0.560. The minimum absolute atomic E-state index is 0.176. The minimum atomic E-state index is -0.176. The average molecular weight is 333 g/mol. The first-order valence-corrected chi connectivity index (χ1v) is 8.88. The van der Waals surface area contributed by atoms with Crippen LogP contribution in [0.5, 0.6) is 0 Å². The molecule has 25 heavy (non-hydrogen) atoms. The van der Waals surface area contributed by atoms with Gasteiger partial charge in [0.25, 0.3) is 0 Å². The molecule has 2 heteroatoms. The molecule has 0 saturated carbocycles. The fourth-order valence-electron chi connectivity index (χ4n) is 3.15. The summed E-state index contributed by atoms with van der Waals surface area (Å²) in [5, 5.41) is 3.52. The first-order valence-electron chi connectivity index (χ1n) is 8.88. The van der Waals surface area contributed by atoms with Gasteiger partial charge in [0.15, 0.2) is 0 Å². The molecule has 0 spiro atoms. The number of hydrogen-bond acceptors (Lipinski definition) is 1. The molecular formula is C23H24FN. The molecule has 3 aromatic rings. The molecule has 3 aromatic carbocycles. The molecule has 0 heterocycles. The van der Waals surface area contributed by atoms with Crippen LogP contribution < -0.4 is 5.32 Å². The Morgan fingerprint density at radius 2 is 1.24 bits per heavy atom. The van der Waals surface area contributed by atoms with Crippen LogP contribution >= 0.6 is 0 Å². The molecule has 1 nitrogen and oxygen atoms in total. The van der Waals surface area contributed by atoms with Gasteiger partial charge in [0, 0.05) is 5.92 Å². The first kappa shape index (κ1) is 17.4. The van der Waals surface area contributed by atoms with Crippen molar-refractivity contribution >= 4 is 0 Å². The van der Waals surface area contributed by atoms with Gasteiger partial charge < -0.3 is 5.32 Å². The maximum atomic E-state index is 12.9. The van der Waals surface area contributed by atoms with E-state index in [0.717, 1.165) is 31.5 Å². The molecule has 0 aliphatic carbocycles. The Morgan fingerprint density at radius 1 is 0.680 bits per heavy atom. The Balaban J connectivity index is 1.53. The maximum Gasteiger partial charge on any atom is 0.123 e. The number of hydrogen-bond donors (Lipinski definition) is 1. The third-order valence-corrected chi connectivity index (χ3v) is 4.52. The van der Waals surface area contributed by atoms with E-state index < -0.39 is 0 Å². The van der Waals surface area contributed by atoms with Gasteiger partial charge in [-0.15, -0.1) is 0 Å². The van der Waals surface area contributed by atoms with Crippen LogP contribution in [0.25, 0.3) is 0 Å². The summed E-state index contributed by atoms with van der Waals surface area (Å²) in [5.74, 6) is 0.228. The molecule has 0 amide bonds. The van der Waals surface area contributed by atoms with Crippen LogP contribution in [0.3, 0.4) is 0 Å². The number of benzene rings is 3. The normalized spacial score (nSPS) is 11.0. The number of halogens is 1. The van der Waals surface area contributed by atoms with Crippen LogP contribution in [0, 0.1) is 5.82 Å². The summed E-state index contributed by atoms with van der Waals surface area (Å²) in [7, 11) is 0. The van der Waals surface area contributed by atoms with Crippen molar-refractivity contribution in [2.45, 2.75) is 18.8 Å². The average Bonchev–Trinajstić information content (AvgIpc) is 2.67. The lowest BCUT2D eigenvalue weighted by molar-refractivity contribution is 0.609. The van der Waals surface area contributed by atoms with E-state index in [1.165, 1.54) is 23.3 Å². The van der Waals surface area contributed by atoms with Crippen LogP contribution in [0.4, 0.5) is 4.39 Å². The molecule has 0 saturated heterocycles. The SMILES string of the molecule is Fc1ccc(CCNCCC(c2ccccc2)c2ccccc2)cc1. The predicted octanol–water partition coefficient (Wildman–Crippen LogP) is 5.18. The molecule has 0 fully saturated rings. The first-order chi connectivity index (χ1) is 12.3. The lowest BCUT2D eigenvalue weighted by Crippen LogP contribution is -2.20. The fraction of sp³-hybridized carbons (Fsp3) is 0.217. The summed E-state index contributed by atoms with van der Waals surface area (Å²) in [6, 6.07) is 28.1. The Kier molecular flexibility index (Phi) is 6.35. The molecule has 3 rings (SSSR count). The highest BCUT2D eigenvalue weighted by Gasteiger charge is 2.13. The molecule has 0 bridgehead atoms. The zero-order valence-electron chi connectivity index (χ0n) is 14.4. The Morgan fingerprint density at radius 3 is 1.80 bits per heavy atom. The Labute approximate surface area is 149 Å². The van der Waals surface area contributed by atoms with Crippen LogP contribution in [-0.2, 0) is 6.42 Å². The molecule has 0 unspecified atom stereocenters. The maximum absolute atomic E-state index is 12.9. The second-order valence-electron chi connectivity index (χ2n) is 6.29. The smallest absolute Gasteiger partial charge is 0.123 e. The van der Waals surface area contributed by atoms with E-state index in [-0.39, 0.29) is 5.82 Å². The van der Waals surface area contributed by atoms with Crippen LogP contribution in [0.1, 0.15) is 29.0 Å². The summed E-state index contributed by atoms with van der Waals surface area (Å²) in [6.45, 7) is 1.86. The largest absolute Gasteiger partial charge is 0.316 e. The van der Waals surface area contributed by atoms with E-state index in [2.05, 4.69) is 66.0 Å². The van der Waals surface area contributed by atoms with Crippen LogP contribution in [0.2, 0.25) is 0 Å². The second-order valence-corrected chi connectivity index (χ2v) is 6.29. The van der Waals surface area contributed by atoms with Crippen molar-refractivity contribution in [3.8, 4) is 0 Å². The van der Waals surface area contributed by atoms with Crippen molar-refractivity contribution in [3.63, 3.8) is 0 Å². The molecule has 0 aromatic heterocycles. The van der Waals surface area contributed by atoms with Gasteiger partial charge in [-0.1, -0.05) is 72.8 Å². The van der Waals surface area contributed by atoms with Gasteiger partial charge in [-0.05, 0) is 54.8 Å². The zero-order valence-corrected chi connectivity index (χ0v) is 14.4. The molecular weight excluding hydrogens is 309 g/mol. The predicted molar refractivity (Wildman–Crippen MR) is 102 cm³/mol. The van der Waals surface area contributed by atoms with Crippen LogP contribution in [-0.4, -0.2) is 13.1 Å². The van der Waals surface area contributed by atoms with Gasteiger partial charge >= 0.3 is 0 Å². The summed E-state index contributed by atoms with van der Waals surface area (Å²) in [5.41, 5.74) is 3.87. The van der Waals surface area contributed by atoms with Crippen molar-refractivity contribution < 1.29 is 4.39 Å². The summed E-state index contributed by atoms with van der Waals surface area (Å²) < 4.78 is 12.9. The summed E-state index contributed by atoms with van der Waals surface area (Å²) in [6.07, 6.45) is 1.97. The fourth-order valence-corrected chi connectivity index (χ4v) is 3.15. The molecule has 0 atom stereocenters. The third-order valence-electron chi connectivity index (χ3n) is 4.52. The molecule has 128 valence electrons. The van der Waals surface area contributed by atoms with Gasteiger partial charge in [0.1, 0.15) is 5.82 Å². The van der Waals surface area contributed by atoms with Gasteiger partial charge in [-0.25, -0.2) is 4.39 Å². The molecule has 1 N–H and O–H groups in total. The van der Waals surface area contributed by atoms with E-state index in [1.807, 2.05) is 12.1 Å². The third kappa shape index (κ3) is 5.27. The lowest BCUT2D eigenvalue weighted by Gasteiger charge is -2.18. The van der Waals surface area contributed by atoms with E-state index in [9.17, 15) is 4.39 Å². The van der Waals surface area contributed by atoms with E-state index in [0.29, 0.717) is 5.92 Å². The van der Waals surface area contributed by atoms with Crippen molar-refractivity contribution in [2.75, 3.05) is 13.1 Å². The van der Waals surface area contributed by atoms with Crippen LogP contribution in [0.15, 0.2) is 84.9 Å². The van der Waals surface area contributed by atoms with E-state index in [4.69, 9.17) is 0 Å². The highest BCUT2D eigenvalue weighted by Crippen LogP contribution is 2.27. The van der Waals surface area contributed by atoms with E-state index >= 15 is 0 Å². The monoisotopic (exact) mass is 333 g/mol. The Bertz CT molecular complexity index is 699.